The molecule has 0 aliphatic carbocycles. The lowest BCUT2D eigenvalue weighted by atomic mass is 10.2. The third-order valence-electron chi connectivity index (χ3n) is 2.45. The van der Waals surface area contributed by atoms with Crippen molar-refractivity contribution in [2.45, 2.75) is 0 Å². The highest BCUT2D eigenvalue weighted by atomic mass is 16.7. The van der Waals surface area contributed by atoms with Gasteiger partial charge in [-0.2, -0.15) is 0 Å². The van der Waals surface area contributed by atoms with E-state index in [1.165, 1.54) is 0 Å². The van der Waals surface area contributed by atoms with Crippen LogP contribution >= 0.6 is 0 Å². The minimum absolute atomic E-state index is 0.0865. The van der Waals surface area contributed by atoms with Gasteiger partial charge in [0.25, 0.3) is 0 Å². The third kappa shape index (κ3) is 2.59. The highest BCUT2D eigenvalue weighted by molar-refractivity contribution is 5.74. The zero-order chi connectivity index (χ0) is 12.3. The number of nitrogens with zero attached hydrogens (tertiary/aromatic N) is 1. The normalized spacial score (nSPS) is 12.5. The van der Waals surface area contributed by atoms with E-state index < -0.39 is 5.97 Å². The fourth-order valence-electron chi connectivity index (χ4n) is 1.70. The smallest absolute Gasteiger partial charge is 0.323 e. The van der Waals surface area contributed by atoms with Gasteiger partial charge in [-0.25, -0.2) is 0 Å². The number of rotatable bonds is 5. The standard InChI is InChI=1S/C11H14N2O4/c12-3-4-13(6-11(14)15)8-1-2-9-10(5-8)17-7-16-9/h1-2,5H,3-4,6-7,12H2,(H,14,15). The van der Waals surface area contributed by atoms with Crippen LogP contribution < -0.4 is 20.1 Å². The molecule has 1 aromatic rings. The number of benzene rings is 1. The highest BCUT2D eigenvalue weighted by Gasteiger charge is 2.16. The molecule has 1 aromatic carbocycles. The van der Waals surface area contributed by atoms with Crippen molar-refractivity contribution in [3.63, 3.8) is 0 Å². The quantitative estimate of drug-likeness (QED) is 0.765. The molecule has 0 saturated carbocycles. The number of ether oxygens (including phenoxy) is 2. The van der Waals surface area contributed by atoms with Gasteiger partial charge in [-0.05, 0) is 12.1 Å². The van der Waals surface area contributed by atoms with Crippen LogP contribution in [0.25, 0.3) is 0 Å². The minimum atomic E-state index is -0.892. The average Bonchev–Trinajstić information content (AvgIpc) is 2.74. The third-order valence-corrected chi connectivity index (χ3v) is 2.45. The van der Waals surface area contributed by atoms with Gasteiger partial charge in [0.05, 0.1) is 0 Å². The Morgan fingerprint density at radius 2 is 2.18 bits per heavy atom. The Bertz CT molecular complexity index is 422. The average molecular weight is 238 g/mol. The van der Waals surface area contributed by atoms with Gasteiger partial charge >= 0.3 is 5.97 Å². The van der Waals surface area contributed by atoms with Gasteiger partial charge in [-0.1, -0.05) is 0 Å². The Morgan fingerprint density at radius 3 is 2.88 bits per heavy atom. The lowest BCUT2D eigenvalue weighted by Crippen LogP contribution is -2.34. The summed E-state index contributed by atoms with van der Waals surface area (Å²) in [5.74, 6) is 0.419. The summed E-state index contributed by atoms with van der Waals surface area (Å²) in [4.78, 5) is 12.4. The minimum Gasteiger partial charge on any atom is -0.480 e. The van der Waals surface area contributed by atoms with Crippen LogP contribution in [0.2, 0.25) is 0 Å². The van der Waals surface area contributed by atoms with E-state index in [0.29, 0.717) is 24.6 Å². The maximum absolute atomic E-state index is 10.8. The van der Waals surface area contributed by atoms with Crippen molar-refractivity contribution in [3.8, 4) is 11.5 Å². The van der Waals surface area contributed by atoms with Gasteiger partial charge < -0.3 is 25.2 Å². The lowest BCUT2D eigenvalue weighted by Gasteiger charge is -2.22. The molecule has 0 radical (unpaired) electrons. The van der Waals surface area contributed by atoms with E-state index in [4.69, 9.17) is 20.3 Å². The van der Waals surface area contributed by atoms with Crippen LogP contribution in [0.1, 0.15) is 0 Å². The maximum Gasteiger partial charge on any atom is 0.323 e. The molecule has 6 nitrogen and oxygen atoms in total. The van der Waals surface area contributed by atoms with E-state index in [-0.39, 0.29) is 13.3 Å². The Kier molecular flexibility index (Phi) is 3.34. The molecular formula is C11H14N2O4. The van der Waals surface area contributed by atoms with Crippen molar-refractivity contribution in [2.75, 3.05) is 31.3 Å². The van der Waals surface area contributed by atoms with Crippen molar-refractivity contribution >= 4 is 11.7 Å². The Labute approximate surface area is 98.5 Å². The van der Waals surface area contributed by atoms with Gasteiger partial charge in [-0.3, -0.25) is 4.79 Å². The fourth-order valence-corrected chi connectivity index (χ4v) is 1.70. The van der Waals surface area contributed by atoms with Crippen LogP contribution in [0.5, 0.6) is 11.5 Å². The van der Waals surface area contributed by atoms with E-state index in [9.17, 15) is 4.79 Å². The van der Waals surface area contributed by atoms with Crippen LogP contribution in [0.4, 0.5) is 5.69 Å². The number of hydrogen-bond donors (Lipinski definition) is 2. The summed E-state index contributed by atoms with van der Waals surface area (Å²) in [6, 6.07) is 5.33. The number of fused-ring (bicyclic) bond motifs is 1. The van der Waals surface area contributed by atoms with E-state index in [2.05, 4.69) is 0 Å². The molecule has 1 heterocycles. The molecule has 1 aliphatic rings. The predicted molar refractivity (Wildman–Crippen MR) is 61.5 cm³/mol. The second-order valence-corrected chi connectivity index (χ2v) is 3.64. The van der Waals surface area contributed by atoms with Crippen LogP contribution in [0.3, 0.4) is 0 Å². The van der Waals surface area contributed by atoms with Gasteiger partial charge in [0, 0.05) is 24.8 Å². The Balaban J connectivity index is 2.20. The Hall–Kier alpha value is -1.95. The van der Waals surface area contributed by atoms with E-state index >= 15 is 0 Å². The molecular weight excluding hydrogens is 224 g/mol. The summed E-state index contributed by atoms with van der Waals surface area (Å²) in [5.41, 5.74) is 6.23. The Morgan fingerprint density at radius 1 is 1.41 bits per heavy atom. The molecule has 6 heteroatoms. The first-order chi connectivity index (χ1) is 8.20. The summed E-state index contributed by atoms with van der Waals surface area (Å²) in [6.45, 7) is 0.985. The largest absolute Gasteiger partial charge is 0.480 e. The number of carbonyl (C=O) groups is 1. The predicted octanol–water partition coefficient (Wildman–Crippen LogP) is 0.265. The molecule has 0 fully saturated rings. The molecule has 0 unspecified atom stereocenters. The molecule has 0 aromatic heterocycles. The number of aliphatic carboxylic acids is 1. The molecule has 3 N–H and O–H groups in total. The van der Waals surface area contributed by atoms with Crippen molar-refractivity contribution < 1.29 is 19.4 Å². The first kappa shape index (κ1) is 11.5. The van der Waals surface area contributed by atoms with E-state index in [1.807, 2.05) is 0 Å². The number of anilines is 1. The van der Waals surface area contributed by atoms with E-state index in [0.717, 1.165) is 5.69 Å². The van der Waals surface area contributed by atoms with Crippen LogP contribution in [0.15, 0.2) is 18.2 Å². The summed E-state index contributed by atoms with van der Waals surface area (Å²) >= 11 is 0. The molecule has 2 rings (SSSR count). The molecule has 0 saturated heterocycles. The number of carboxylic acid groups (broad SMARTS) is 1. The summed E-state index contributed by atoms with van der Waals surface area (Å²) in [6.07, 6.45) is 0. The van der Waals surface area contributed by atoms with Gasteiger partial charge in [0.15, 0.2) is 11.5 Å². The van der Waals surface area contributed by atoms with Gasteiger partial charge in [-0.15, -0.1) is 0 Å². The maximum atomic E-state index is 10.8. The van der Waals surface area contributed by atoms with Crippen molar-refractivity contribution in [1.82, 2.24) is 0 Å². The lowest BCUT2D eigenvalue weighted by molar-refractivity contribution is -0.135. The van der Waals surface area contributed by atoms with Gasteiger partial charge in [0.2, 0.25) is 6.79 Å². The molecule has 0 bridgehead atoms. The summed E-state index contributed by atoms with van der Waals surface area (Å²) in [7, 11) is 0. The number of carboxylic acids is 1. The molecule has 0 spiro atoms. The van der Waals surface area contributed by atoms with Gasteiger partial charge in [0.1, 0.15) is 6.54 Å². The van der Waals surface area contributed by atoms with Crippen LogP contribution in [-0.4, -0.2) is 37.5 Å². The fraction of sp³-hybridized carbons (Fsp3) is 0.364. The molecule has 92 valence electrons. The monoisotopic (exact) mass is 238 g/mol. The molecule has 0 atom stereocenters. The topological polar surface area (TPSA) is 85.0 Å². The zero-order valence-corrected chi connectivity index (χ0v) is 9.26. The zero-order valence-electron chi connectivity index (χ0n) is 9.26. The van der Waals surface area contributed by atoms with Crippen molar-refractivity contribution in [3.05, 3.63) is 18.2 Å². The molecule has 17 heavy (non-hydrogen) atoms. The highest BCUT2D eigenvalue weighted by Crippen LogP contribution is 2.35. The second-order valence-electron chi connectivity index (χ2n) is 3.64. The molecule has 0 amide bonds. The van der Waals surface area contributed by atoms with Crippen molar-refractivity contribution in [1.29, 1.82) is 0 Å². The van der Waals surface area contributed by atoms with E-state index in [1.54, 1.807) is 23.1 Å². The van der Waals surface area contributed by atoms with Crippen molar-refractivity contribution in [2.24, 2.45) is 5.73 Å². The second kappa shape index (κ2) is 4.92. The van der Waals surface area contributed by atoms with Crippen LogP contribution in [0, 0.1) is 0 Å². The summed E-state index contributed by atoms with van der Waals surface area (Å²) in [5, 5.41) is 8.83. The van der Waals surface area contributed by atoms with Crippen LogP contribution in [-0.2, 0) is 4.79 Å². The molecule has 1 aliphatic heterocycles. The summed E-state index contributed by atoms with van der Waals surface area (Å²) < 4.78 is 10.4. The number of hydrogen-bond acceptors (Lipinski definition) is 5. The first-order valence-electron chi connectivity index (χ1n) is 5.27. The first-order valence-corrected chi connectivity index (χ1v) is 5.27. The number of nitrogens with two attached hydrogens (primary N) is 1. The SMILES string of the molecule is NCCN(CC(=O)O)c1ccc2c(c1)OCO2.